The summed E-state index contributed by atoms with van der Waals surface area (Å²) < 4.78 is 5.20. The van der Waals surface area contributed by atoms with Crippen LogP contribution < -0.4 is 0 Å². The molecule has 1 heteroatoms. The molecule has 0 aromatic carbocycles. The summed E-state index contributed by atoms with van der Waals surface area (Å²) in [6.45, 7) is 0.968. The van der Waals surface area contributed by atoms with Gasteiger partial charge in [0.25, 0.3) is 0 Å². The van der Waals surface area contributed by atoms with Gasteiger partial charge in [-0.15, -0.1) is 11.8 Å². The van der Waals surface area contributed by atoms with Gasteiger partial charge >= 0.3 is 0 Å². The van der Waals surface area contributed by atoms with Gasteiger partial charge in [0.15, 0.2) is 0 Å². The van der Waals surface area contributed by atoms with Gasteiger partial charge in [0, 0.05) is 26.6 Å². The molecule has 0 heterocycles. The second-order valence-electron chi connectivity index (χ2n) is 3.88. The second kappa shape index (κ2) is 3.49. The van der Waals surface area contributed by atoms with Crippen LogP contribution in [0.3, 0.4) is 0 Å². The summed E-state index contributed by atoms with van der Waals surface area (Å²) in [6, 6.07) is 0. The van der Waals surface area contributed by atoms with E-state index in [9.17, 15) is 0 Å². The van der Waals surface area contributed by atoms with Crippen LogP contribution in [0.5, 0.6) is 0 Å². The molecule has 0 saturated heterocycles. The first-order valence-corrected chi connectivity index (χ1v) is 4.88. The summed E-state index contributed by atoms with van der Waals surface area (Å²) in [7, 11) is 1.81. The van der Waals surface area contributed by atoms with Gasteiger partial charge in [-0.2, -0.15) is 0 Å². The van der Waals surface area contributed by atoms with E-state index in [-0.39, 0.29) is 0 Å². The van der Waals surface area contributed by atoms with Gasteiger partial charge in [-0.05, 0) is 30.6 Å². The SMILES string of the molecule is COCC1[C@H]2CCC#CCC[C@@H]12. The lowest BCUT2D eigenvalue weighted by atomic mass is 10.1. The predicted octanol–water partition coefficient (Wildman–Crippen LogP) is 2.07. The largest absolute Gasteiger partial charge is 0.384 e. The van der Waals surface area contributed by atoms with Crippen molar-refractivity contribution in [2.75, 3.05) is 13.7 Å². The highest BCUT2D eigenvalue weighted by Crippen LogP contribution is 2.52. The van der Waals surface area contributed by atoms with Crippen LogP contribution in [0, 0.1) is 29.6 Å². The van der Waals surface area contributed by atoms with Crippen molar-refractivity contribution in [3.63, 3.8) is 0 Å². The smallest absolute Gasteiger partial charge is 0.0496 e. The van der Waals surface area contributed by atoms with Crippen molar-refractivity contribution in [1.82, 2.24) is 0 Å². The Hall–Kier alpha value is -0.480. The average Bonchev–Trinajstić information content (AvgIpc) is 2.61. The molecule has 2 aliphatic carbocycles. The van der Waals surface area contributed by atoms with Gasteiger partial charge < -0.3 is 4.74 Å². The standard InChI is InChI=1S/C11H16O/c1-12-8-11-9-6-4-2-3-5-7-10(9)11/h9-11H,4-8H2,1H3/t9-,10+,11?. The minimum Gasteiger partial charge on any atom is -0.384 e. The predicted molar refractivity (Wildman–Crippen MR) is 48.6 cm³/mol. The monoisotopic (exact) mass is 164 g/mol. The summed E-state index contributed by atoms with van der Waals surface area (Å²) >= 11 is 0. The highest BCUT2D eigenvalue weighted by atomic mass is 16.5. The van der Waals surface area contributed by atoms with Crippen LogP contribution >= 0.6 is 0 Å². The number of hydrogen-bond acceptors (Lipinski definition) is 1. The molecule has 12 heavy (non-hydrogen) atoms. The Bertz CT molecular complexity index is 193. The topological polar surface area (TPSA) is 9.23 Å². The Morgan fingerprint density at radius 2 is 1.75 bits per heavy atom. The van der Waals surface area contributed by atoms with Crippen LogP contribution in [0.4, 0.5) is 0 Å². The molecule has 0 bridgehead atoms. The van der Waals surface area contributed by atoms with E-state index in [4.69, 9.17) is 4.74 Å². The van der Waals surface area contributed by atoms with Crippen LogP contribution in [0.25, 0.3) is 0 Å². The summed E-state index contributed by atoms with van der Waals surface area (Å²) in [5.74, 6) is 9.18. The third kappa shape index (κ3) is 1.49. The van der Waals surface area contributed by atoms with Crippen molar-refractivity contribution in [1.29, 1.82) is 0 Å². The lowest BCUT2D eigenvalue weighted by Gasteiger charge is -1.96. The average molecular weight is 164 g/mol. The zero-order chi connectivity index (χ0) is 8.39. The van der Waals surface area contributed by atoms with Gasteiger partial charge in [0.05, 0.1) is 0 Å². The zero-order valence-corrected chi connectivity index (χ0v) is 7.68. The molecule has 0 amide bonds. The molecule has 0 radical (unpaired) electrons. The van der Waals surface area contributed by atoms with E-state index in [1.165, 1.54) is 12.8 Å². The molecule has 0 aromatic rings. The van der Waals surface area contributed by atoms with Gasteiger partial charge in [0.2, 0.25) is 0 Å². The minimum absolute atomic E-state index is 0.858. The van der Waals surface area contributed by atoms with Crippen LogP contribution in [-0.2, 0) is 4.74 Å². The first kappa shape index (κ1) is 8.13. The first-order chi connectivity index (χ1) is 5.93. The van der Waals surface area contributed by atoms with E-state index in [0.29, 0.717) is 0 Å². The third-order valence-electron chi connectivity index (χ3n) is 3.20. The maximum Gasteiger partial charge on any atom is 0.0496 e. The Kier molecular flexibility index (Phi) is 2.37. The molecule has 2 rings (SSSR count). The molecule has 0 aliphatic heterocycles. The van der Waals surface area contributed by atoms with Crippen molar-refractivity contribution in [2.45, 2.75) is 25.7 Å². The molecule has 2 aliphatic rings. The Morgan fingerprint density at radius 3 is 2.25 bits per heavy atom. The van der Waals surface area contributed by atoms with Crippen molar-refractivity contribution in [2.24, 2.45) is 17.8 Å². The van der Waals surface area contributed by atoms with Crippen molar-refractivity contribution >= 4 is 0 Å². The normalized spacial score (nSPS) is 38.6. The molecular formula is C11H16O. The molecular weight excluding hydrogens is 148 g/mol. The van der Waals surface area contributed by atoms with Gasteiger partial charge in [-0.1, -0.05) is 0 Å². The second-order valence-corrected chi connectivity index (χ2v) is 3.88. The highest BCUT2D eigenvalue weighted by Gasteiger charge is 2.48. The van der Waals surface area contributed by atoms with Crippen molar-refractivity contribution in [3.8, 4) is 11.8 Å². The Labute approximate surface area is 74.5 Å². The van der Waals surface area contributed by atoms with Crippen LogP contribution in [0.2, 0.25) is 0 Å². The van der Waals surface area contributed by atoms with Crippen LogP contribution in [-0.4, -0.2) is 13.7 Å². The Morgan fingerprint density at radius 1 is 1.17 bits per heavy atom. The quantitative estimate of drug-likeness (QED) is 0.568. The zero-order valence-electron chi connectivity index (χ0n) is 7.68. The number of methoxy groups -OCH3 is 1. The lowest BCUT2D eigenvalue weighted by molar-refractivity contribution is 0.177. The van der Waals surface area contributed by atoms with Crippen LogP contribution in [0.15, 0.2) is 0 Å². The summed E-state index contributed by atoms with van der Waals surface area (Å²) in [5, 5.41) is 0. The van der Waals surface area contributed by atoms with Gasteiger partial charge in [-0.25, -0.2) is 0 Å². The number of ether oxygens (including phenoxy) is 1. The molecule has 0 aromatic heterocycles. The summed E-state index contributed by atoms with van der Waals surface area (Å²) in [5.41, 5.74) is 0. The molecule has 0 spiro atoms. The van der Waals surface area contributed by atoms with E-state index < -0.39 is 0 Å². The van der Waals surface area contributed by atoms with Gasteiger partial charge in [-0.3, -0.25) is 0 Å². The van der Waals surface area contributed by atoms with E-state index >= 15 is 0 Å². The molecule has 1 fully saturated rings. The van der Waals surface area contributed by atoms with E-state index in [2.05, 4.69) is 11.8 Å². The Balaban J connectivity index is 1.87. The van der Waals surface area contributed by atoms with E-state index in [1.807, 2.05) is 7.11 Å². The van der Waals surface area contributed by atoms with Gasteiger partial charge in [0.1, 0.15) is 0 Å². The summed E-state index contributed by atoms with van der Waals surface area (Å²) in [6.07, 6.45) is 4.85. The van der Waals surface area contributed by atoms with E-state index in [1.54, 1.807) is 0 Å². The molecule has 0 N–H and O–H groups in total. The van der Waals surface area contributed by atoms with Crippen molar-refractivity contribution in [3.05, 3.63) is 0 Å². The first-order valence-electron chi connectivity index (χ1n) is 4.88. The molecule has 1 nitrogen and oxygen atoms in total. The number of hydrogen-bond donors (Lipinski definition) is 0. The molecule has 1 saturated carbocycles. The molecule has 3 atom stereocenters. The number of fused-ring (bicyclic) bond motifs is 1. The fourth-order valence-corrected chi connectivity index (χ4v) is 2.47. The maximum atomic E-state index is 5.20. The number of rotatable bonds is 2. The van der Waals surface area contributed by atoms with E-state index in [0.717, 1.165) is 37.2 Å². The fraction of sp³-hybridized carbons (Fsp3) is 0.818. The highest BCUT2D eigenvalue weighted by molar-refractivity contribution is 5.07. The van der Waals surface area contributed by atoms with Crippen molar-refractivity contribution < 1.29 is 4.74 Å². The third-order valence-corrected chi connectivity index (χ3v) is 3.20. The minimum atomic E-state index is 0.858. The van der Waals surface area contributed by atoms with Crippen LogP contribution in [0.1, 0.15) is 25.7 Å². The molecule has 1 unspecified atom stereocenters. The maximum absolute atomic E-state index is 5.20. The molecule has 66 valence electrons. The fourth-order valence-electron chi connectivity index (χ4n) is 2.47. The summed E-state index contributed by atoms with van der Waals surface area (Å²) in [4.78, 5) is 0. The lowest BCUT2D eigenvalue weighted by Crippen LogP contribution is -1.93.